The lowest BCUT2D eigenvalue weighted by Crippen LogP contribution is -2.50. The number of halogens is 1. The third-order valence-corrected chi connectivity index (χ3v) is 4.83. The van der Waals surface area contributed by atoms with Gasteiger partial charge in [-0.25, -0.2) is 0 Å². The standard InChI is InChI=1S/C18H21ClN2O4/c1-9(2)25-17(23)15-13(10-4-6-11(19)7-5-10)14-12(8-18(15,3)24)20-21-16(14)22/h4-7,9,13,15,24H,8H2,1-3H3,(H2,20,21,22)/t13-,15-,18+/m0/s1. The fourth-order valence-corrected chi connectivity index (χ4v) is 3.72. The quantitative estimate of drug-likeness (QED) is 0.728. The number of carbonyl (C=O) groups excluding carboxylic acids is 1. The number of nitrogens with one attached hydrogen (secondary N) is 2. The van der Waals surface area contributed by atoms with Crippen molar-refractivity contribution in [3.8, 4) is 0 Å². The second kappa shape index (κ2) is 6.35. The molecule has 0 fully saturated rings. The maximum atomic E-state index is 12.8. The summed E-state index contributed by atoms with van der Waals surface area (Å²) in [6, 6.07) is 6.93. The minimum Gasteiger partial charge on any atom is -0.463 e. The molecule has 0 spiro atoms. The van der Waals surface area contributed by atoms with Crippen LogP contribution in [0.4, 0.5) is 0 Å². The number of hydrogen-bond donors (Lipinski definition) is 3. The minimum atomic E-state index is -1.37. The molecule has 25 heavy (non-hydrogen) atoms. The van der Waals surface area contributed by atoms with Crippen LogP contribution in [0.2, 0.25) is 5.02 Å². The van der Waals surface area contributed by atoms with E-state index in [9.17, 15) is 14.7 Å². The first-order valence-corrected chi connectivity index (χ1v) is 8.56. The van der Waals surface area contributed by atoms with Gasteiger partial charge in [-0.2, -0.15) is 0 Å². The normalized spacial score (nSPS) is 25.7. The number of esters is 1. The van der Waals surface area contributed by atoms with Gasteiger partial charge in [0.15, 0.2) is 0 Å². The average Bonchev–Trinajstić information content (AvgIpc) is 2.85. The van der Waals surface area contributed by atoms with Crippen LogP contribution in [0.1, 0.15) is 43.5 Å². The van der Waals surface area contributed by atoms with Crippen LogP contribution in [-0.4, -0.2) is 33.0 Å². The van der Waals surface area contributed by atoms with Gasteiger partial charge in [-0.05, 0) is 38.5 Å². The molecule has 0 aliphatic heterocycles. The smallest absolute Gasteiger partial charge is 0.313 e. The monoisotopic (exact) mass is 364 g/mol. The number of fused-ring (bicyclic) bond motifs is 1. The summed E-state index contributed by atoms with van der Waals surface area (Å²) in [6.45, 7) is 5.10. The largest absolute Gasteiger partial charge is 0.463 e. The molecule has 2 aromatic rings. The molecule has 6 nitrogen and oxygen atoms in total. The van der Waals surface area contributed by atoms with E-state index in [4.69, 9.17) is 16.3 Å². The molecular formula is C18H21ClN2O4. The molecule has 7 heteroatoms. The number of aromatic nitrogens is 2. The third kappa shape index (κ3) is 3.24. The Morgan fingerprint density at radius 3 is 2.56 bits per heavy atom. The van der Waals surface area contributed by atoms with Gasteiger partial charge in [-0.1, -0.05) is 23.7 Å². The maximum Gasteiger partial charge on any atom is 0.313 e. The number of hydrogen-bond acceptors (Lipinski definition) is 4. The Hall–Kier alpha value is -2.05. The zero-order valence-corrected chi connectivity index (χ0v) is 15.1. The Morgan fingerprint density at radius 2 is 1.96 bits per heavy atom. The summed E-state index contributed by atoms with van der Waals surface area (Å²) >= 11 is 5.97. The first kappa shape index (κ1) is 17.8. The number of benzene rings is 1. The Balaban J connectivity index is 2.18. The number of carbonyl (C=O) groups is 1. The summed E-state index contributed by atoms with van der Waals surface area (Å²) in [7, 11) is 0. The van der Waals surface area contributed by atoms with E-state index in [1.165, 1.54) is 0 Å². The molecule has 1 aliphatic rings. The van der Waals surface area contributed by atoms with Gasteiger partial charge in [-0.3, -0.25) is 14.7 Å². The van der Waals surface area contributed by atoms with Crippen molar-refractivity contribution in [2.24, 2.45) is 5.92 Å². The highest BCUT2D eigenvalue weighted by Crippen LogP contribution is 2.44. The van der Waals surface area contributed by atoms with E-state index >= 15 is 0 Å². The van der Waals surface area contributed by atoms with Crippen molar-refractivity contribution < 1.29 is 14.6 Å². The fourth-order valence-electron chi connectivity index (χ4n) is 3.59. The van der Waals surface area contributed by atoms with Crippen LogP contribution in [0.5, 0.6) is 0 Å². The van der Waals surface area contributed by atoms with Crippen molar-refractivity contribution in [3.63, 3.8) is 0 Å². The topological polar surface area (TPSA) is 95.2 Å². The van der Waals surface area contributed by atoms with Gasteiger partial charge in [0.25, 0.3) is 5.56 Å². The van der Waals surface area contributed by atoms with E-state index in [2.05, 4.69) is 10.2 Å². The van der Waals surface area contributed by atoms with Crippen LogP contribution in [0, 0.1) is 5.92 Å². The van der Waals surface area contributed by atoms with E-state index in [0.29, 0.717) is 16.3 Å². The summed E-state index contributed by atoms with van der Waals surface area (Å²) in [5.74, 6) is -2.05. The number of aliphatic hydroxyl groups is 1. The number of H-pyrrole nitrogens is 2. The molecule has 3 atom stereocenters. The van der Waals surface area contributed by atoms with Gasteiger partial charge >= 0.3 is 5.97 Å². The van der Waals surface area contributed by atoms with Crippen LogP contribution >= 0.6 is 11.6 Å². The van der Waals surface area contributed by atoms with Crippen LogP contribution in [0.25, 0.3) is 0 Å². The fraction of sp³-hybridized carbons (Fsp3) is 0.444. The second-order valence-electron chi connectivity index (χ2n) is 7.00. The lowest BCUT2D eigenvalue weighted by Gasteiger charge is -2.40. The summed E-state index contributed by atoms with van der Waals surface area (Å²) in [5.41, 5.74) is 0.117. The SMILES string of the molecule is CC(C)OC(=O)[C@@H]1[C@@H](c2ccc(Cl)cc2)c2c([nH][nH]c2=O)C[C@@]1(C)O. The number of rotatable bonds is 3. The molecule has 1 aliphatic carbocycles. The van der Waals surface area contributed by atoms with Gasteiger partial charge in [-0.15, -0.1) is 0 Å². The third-order valence-electron chi connectivity index (χ3n) is 4.58. The molecule has 0 bridgehead atoms. The molecule has 3 rings (SSSR count). The lowest BCUT2D eigenvalue weighted by molar-refractivity contribution is -0.163. The summed E-state index contributed by atoms with van der Waals surface area (Å²) in [4.78, 5) is 25.2. The first-order valence-electron chi connectivity index (χ1n) is 8.18. The van der Waals surface area contributed by atoms with Gasteiger partial charge in [0.05, 0.1) is 17.6 Å². The molecular weight excluding hydrogens is 344 g/mol. The first-order chi connectivity index (χ1) is 11.7. The molecule has 1 heterocycles. The predicted molar refractivity (Wildman–Crippen MR) is 93.8 cm³/mol. The van der Waals surface area contributed by atoms with Gasteiger partial charge in [0.2, 0.25) is 0 Å². The molecule has 0 saturated heterocycles. The molecule has 3 N–H and O–H groups in total. The van der Waals surface area contributed by atoms with E-state index in [1.54, 1.807) is 45.0 Å². The van der Waals surface area contributed by atoms with Crippen LogP contribution in [0.15, 0.2) is 29.1 Å². The zero-order valence-electron chi connectivity index (χ0n) is 14.3. The summed E-state index contributed by atoms with van der Waals surface area (Å²) < 4.78 is 5.38. The van der Waals surface area contributed by atoms with Crippen molar-refractivity contribution >= 4 is 17.6 Å². The summed E-state index contributed by atoms with van der Waals surface area (Å²) in [5, 5.41) is 16.9. The average molecular weight is 365 g/mol. The lowest BCUT2D eigenvalue weighted by atomic mass is 9.66. The highest BCUT2D eigenvalue weighted by molar-refractivity contribution is 6.30. The summed E-state index contributed by atoms with van der Waals surface area (Å²) in [6.07, 6.45) is -0.164. The Bertz CT molecular complexity index is 836. The van der Waals surface area contributed by atoms with Crippen LogP contribution in [0.3, 0.4) is 0 Å². The van der Waals surface area contributed by atoms with E-state index in [0.717, 1.165) is 5.56 Å². The van der Waals surface area contributed by atoms with Gasteiger partial charge in [0, 0.05) is 28.6 Å². The zero-order chi connectivity index (χ0) is 18.4. The van der Waals surface area contributed by atoms with Gasteiger partial charge < -0.3 is 14.9 Å². The Morgan fingerprint density at radius 1 is 1.32 bits per heavy atom. The molecule has 1 aromatic heterocycles. The molecule has 1 aromatic carbocycles. The van der Waals surface area contributed by atoms with Crippen molar-refractivity contribution in [2.45, 2.75) is 44.8 Å². The highest BCUT2D eigenvalue weighted by Gasteiger charge is 2.51. The molecule has 0 unspecified atom stereocenters. The highest BCUT2D eigenvalue weighted by atomic mass is 35.5. The van der Waals surface area contributed by atoms with Crippen molar-refractivity contribution in [3.05, 3.63) is 56.5 Å². The van der Waals surface area contributed by atoms with Crippen molar-refractivity contribution in [2.75, 3.05) is 0 Å². The second-order valence-corrected chi connectivity index (χ2v) is 7.43. The number of aromatic amines is 2. The Kier molecular flexibility index (Phi) is 4.51. The minimum absolute atomic E-state index is 0.156. The van der Waals surface area contributed by atoms with E-state index < -0.39 is 23.4 Å². The molecule has 0 amide bonds. The van der Waals surface area contributed by atoms with Crippen molar-refractivity contribution in [1.29, 1.82) is 0 Å². The van der Waals surface area contributed by atoms with E-state index in [1.807, 2.05) is 0 Å². The molecule has 0 radical (unpaired) electrons. The van der Waals surface area contributed by atoms with Crippen LogP contribution in [-0.2, 0) is 16.0 Å². The van der Waals surface area contributed by atoms with Gasteiger partial charge in [0.1, 0.15) is 0 Å². The van der Waals surface area contributed by atoms with Crippen molar-refractivity contribution in [1.82, 2.24) is 10.2 Å². The maximum absolute atomic E-state index is 12.8. The number of ether oxygens (including phenoxy) is 1. The molecule has 0 saturated carbocycles. The van der Waals surface area contributed by atoms with Crippen LogP contribution < -0.4 is 5.56 Å². The predicted octanol–water partition coefficient (Wildman–Crippen LogP) is 2.36. The Labute approximate surface area is 150 Å². The molecule has 134 valence electrons. The van der Waals surface area contributed by atoms with E-state index in [-0.39, 0.29) is 18.1 Å².